The highest BCUT2D eigenvalue weighted by Gasteiger charge is 2.50. The minimum absolute atomic E-state index is 0.161. The molecule has 0 spiro atoms. The maximum atomic E-state index is 6.08. The maximum Gasteiger partial charge on any atom is 0.121 e. The number of aromatic nitrogens is 2. The van der Waals surface area contributed by atoms with Gasteiger partial charge in [0.2, 0.25) is 0 Å². The first-order valence-corrected chi connectivity index (χ1v) is 8.93. The molecule has 2 unspecified atom stereocenters. The first-order chi connectivity index (χ1) is 10.5. The average molecular weight is 346 g/mol. The van der Waals surface area contributed by atoms with Crippen molar-refractivity contribution in [2.75, 3.05) is 13.2 Å². The summed E-state index contributed by atoms with van der Waals surface area (Å²) in [7, 11) is 1.98. The van der Waals surface area contributed by atoms with E-state index >= 15 is 0 Å². The van der Waals surface area contributed by atoms with Gasteiger partial charge in [-0.1, -0.05) is 0 Å². The molecule has 124 valence electrons. The molecule has 1 N–H and O–H groups in total. The van der Waals surface area contributed by atoms with Gasteiger partial charge in [0.15, 0.2) is 0 Å². The van der Waals surface area contributed by atoms with E-state index in [0.717, 1.165) is 38.8 Å². The number of alkyl halides is 2. The van der Waals surface area contributed by atoms with Crippen molar-refractivity contribution in [3.05, 3.63) is 18.0 Å². The highest BCUT2D eigenvalue weighted by molar-refractivity contribution is 6.50. The second-order valence-corrected chi connectivity index (χ2v) is 8.31. The summed E-state index contributed by atoms with van der Waals surface area (Å²) in [5, 5.41) is 7.90. The fourth-order valence-electron chi connectivity index (χ4n) is 3.32. The van der Waals surface area contributed by atoms with Crippen molar-refractivity contribution in [1.82, 2.24) is 15.1 Å². The molecule has 22 heavy (non-hydrogen) atoms. The number of nitrogens with zero attached hydrogens (tertiary/aromatic N) is 2. The highest BCUT2D eigenvalue weighted by atomic mass is 35.5. The predicted octanol–water partition coefficient (Wildman–Crippen LogP) is 3.45. The zero-order valence-electron chi connectivity index (χ0n) is 13.3. The van der Waals surface area contributed by atoms with Gasteiger partial charge < -0.3 is 10.1 Å². The van der Waals surface area contributed by atoms with Crippen LogP contribution in [0.4, 0.5) is 0 Å². The normalized spacial score (nSPS) is 31.4. The van der Waals surface area contributed by atoms with Crippen LogP contribution in [0.5, 0.6) is 0 Å². The van der Waals surface area contributed by atoms with Gasteiger partial charge in [0.25, 0.3) is 0 Å². The van der Waals surface area contributed by atoms with Gasteiger partial charge in [-0.15, -0.1) is 23.2 Å². The van der Waals surface area contributed by atoms with Crippen molar-refractivity contribution in [2.24, 2.45) is 18.9 Å². The summed E-state index contributed by atoms with van der Waals surface area (Å²) in [5.41, 5.74) is 1.17. The Morgan fingerprint density at radius 2 is 2.32 bits per heavy atom. The van der Waals surface area contributed by atoms with Crippen LogP contribution in [0.15, 0.2) is 12.3 Å². The van der Waals surface area contributed by atoms with Crippen LogP contribution in [-0.2, 0) is 11.8 Å². The number of hydrogen-bond acceptors (Lipinski definition) is 3. The maximum absolute atomic E-state index is 6.08. The number of hydrogen-bond donors (Lipinski definition) is 1. The van der Waals surface area contributed by atoms with E-state index in [-0.39, 0.29) is 6.10 Å². The van der Waals surface area contributed by atoms with Crippen molar-refractivity contribution in [1.29, 1.82) is 0 Å². The number of nitrogens with one attached hydrogen (secondary N) is 1. The largest absolute Gasteiger partial charge is 0.372 e. The van der Waals surface area contributed by atoms with Gasteiger partial charge in [-0.05, 0) is 44.6 Å². The Kier molecular flexibility index (Phi) is 5.03. The van der Waals surface area contributed by atoms with Gasteiger partial charge in [-0.25, -0.2) is 0 Å². The molecule has 0 radical (unpaired) electrons. The quantitative estimate of drug-likeness (QED) is 0.769. The molecule has 1 aromatic rings. The Bertz CT molecular complexity index is 505. The van der Waals surface area contributed by atoms with Crippen molar-refractivity contribution < 1.29 is 4.74 Å². The third-order valence-corrected chi connectivity index (χ3v) is 5.92. The van der Waals surface area contributed by atoms with Crippen molar-refractivity contribution in [3.63, 3.8) is 0 Å². The molecule has 3 rings (SSSR count). The second-order valence-electron chi connectivity index (χ2n) is 6.77. The van der Waals surface area contributed by atoms with Crippen LogP contribution < -0.4 is 5.32 Å². The van der Waals surface area contributed by atoms with E-state index in [0.29, 0.717) is 17.9 Å². The SMILES string of the molecule is CC(CCC1CC1(Cl)Cl)NC[C@@H]1CCO[C@H]1c1ccnn1C. The average Bonchev–Trinajstić information content (AvgIpc) is 2.87. The molecule has 0 amide bonds. The Balaban J connectivity index is 1.43. The van der Waals surface area contributed by atoms with Crippen LogP contribution in [0.1, 0.15) is 44.4 Å². The smallest absolute Gasteiger partial charge is 0.121 e. The Hall–Kier alpha value is -0.290. The first kappa shape index (κ1) is 16.6. The molecule has 2 aliphatic rings. The number of aryl methyl sites for hydroxylation is 1. The van der Waals surface area contributed by atoms with Gasteiger partial charge in [-0.3, -0.25) is 4.68 Å². The third kappa shape index (κ3) is 3.78. The van der Waals surface area contributed by atoms with Crippen molar-refractivity contribution in [3.8, 4) is 0 Å². The molecule has 1 aliphatic carbocycles. The zero-order valence-corrected chi connectivity index (χ0v) is 14.8. The van der Waals surface area contributed by atoms with E-state index in [2.05, 4.69) is 23.4 Å². The lowest BCUT2D eigenvalue weighted by atomic mass is 9.98. The minimum Gasteiger partial charge on any atom is -0.372 e. The van der Waals surface area contributed by atoms with E-state index in [4.69, 9.17) is 27.9 Å². The fraction of sp³-hybridized carbons (Fsp3) is 0.812. The summed E-state index contributed by atoms with van der Waals surface area (Å²) in [5.74, 6) is 0.996. The molecule has 2 heterocycles. The summed E-state index contributed by atoms with van der Waals surface area (Å²) in [6.07, 6.45) is 6.27. The van der Waals surface area contributed by atoms with Crippen LogP contribution in [0.25, 0.3) is 0 Å². The third-order valence-electron chi connectivity index (χ3n) is 5.00. The minimum atomic E-state index is -0.441. The lowest BCUT2D eigenvalue weighted by molar-refractivity contribution is 0.0832. The molecule has 0 bridgehead atoms. The highest BCUT2D eigenvalue weighted by Crippen LogP contribution is 2.55. The monoisotopic (exact) mass is 345 g/mol. The molecular formula is C16H25Cl2N3O. The summed E-state index contributed by atoms with van der Waals surface area (Å²) >= 11 is 12.2. The predicted molar refractivity (Wildman–Crippen MR) is 89.3 cm³/mol. The van der Waals surface area contributed by atoms with Crippen LogP contribution in [-0.4, -0.2) is 33.3 Å². The summed E-state index contributed by atoms with van der Waals surface area (Å²) in [6.45, 7) is 4.05. The molecule has 1 aromatic heterocycles. The molecular weight excluding hydrogens is 321 g/mol. The van der Waals surface area contributed by atoms with E-state index in [1.807, 2.05) is 17.9 Å². The van der Waals surface area contributed by atoms with Gasteiger partial charge in [-0.2, -0.15) is 5.10 Å². The summed E-state index contributed by atoms with van der Waals surface area (Å²) in [4.78, 5) is 0. The van der Waals surface area contributed by atoms with E-state index in [1.165, 1.54) is 5.69 Å². The van der Waals surface area contributed by atoms with Crippen LogP contribution in [0, 0.1) is 11.8 Å². The first-order valence-electron chi connectivity index (χ1n) is 8.18. The van der Waals surface area contributed by atoms with Gasteiger partial charge in [0.1, 0.15) is 10.4 Å². The molecule has 2 fully saturated rings. The van der Waals surface area contributed by atoms with Crippen LogP contribution in [0.2, 0.25) is 0 Å². The fourth-order valence-corrected chi connectivity index (χ4v) is 3.91. The van der Waals surface area contributed by atoms with Crippen molar-refractivity contribution >= 4 is 23.2 Å². The number of halogens is 2. The standard InChI is InChI=1S/C16H25Cl2N3O/c1-11(3-4-13-9-16(13,17)18)19-10-12-6-8-22-15(12)14-5-7-20-21(14)2/h5,7,11-13,15,19H,3-4,6,8-10H2,1-2H3/t11?,12-,13?,15+/m0/s1. The van der Waals surface area contributed by atoms with Gasteiger partial charge >= 0.3 is 0 Å². The Morgan fingerprint density at radius 3 is 2.95 bits per heavy atom. The lowest BCUT2D eigenvalue weighted by Crippen LogP contribution is -2.32. The van der Waals surface area contributed by atoms with Crippen LogP contribution in [0.3, 0.4) is 0 Å². The van der Waals surface area contributed by atoms with E-state index < -0.39 is 4.33 Å². The zero-order chi connectivity index (χ0) is 15.7. The number of rotatable bonds is 7. The topological polar surface area (TPSA) is 39.1 Å². The Morgan fingerprint density at radius 1 is 1.55 bits per heavy atom. The number of ether oxygens (including phenoxy) is 1. The molecule has 4 atom stereocenters. The summed E-state index contributed by atoms with van der Waals surface area (Å²) in [6, 6.07) is 2.54. The van der Waals surface area contributed by atoms with Gasteiger partial charge in [0, 0.05) is 38.4 Å². The Labute approximate surface area is 142 Å². The molecule has 0 aromatic carbocycles. The molecule has 1 saturated heterocycles. The summed E-state index contributed by atoms with van der Waals surface area (Å²) < 4.78 is 7.40. The molecule has 1 saturated carbocycles. The molecule has 6 heteroatoms. The molecule has 4 nitrogen and oxygen atoms in total. The second kappa shape index (κ2) is 6.68. The van der Waals surface area contributed by atoms with Crippen LogP contribution >= 0.6 is 23.2 Å². The molecule has 1 aliphatic heterocycles. The lowest BCUT2D eigenvalue weighted by Gasteiger charge is -2.22. The van der Waals surface area contributed by atoms with Crippen molar-refractivity contribution in [2.45, 2.75) is 49.1 Å². The van der Waals surface area contributed by atoms with E-state index in [1.54, 1.807) is 0 Å². The van der Waals surface area contributed by atoms with E-state index in [9.17, 15) is 0 Å². The van der Waals surface area contributed by atoms with Gasteiger partial charge in [0.05, 0.1) is 5.69 Å².